The largest absolute Gasteiger partial charge is 0.464 e. The number of amides is 6. The van der Waals surface area contributed by atoms with Crippen molar-refractivity contribution < 1.29 is 28.7 Å². The third kappa shape index (κ3) is 10.4. The van der Waals surface area contributed by atoms with E-state index in [1.165, 1.54) is 6.92 Å². The van der Waals surface area contributed by atoms with Gasteiger partial charge in [0.1, 0.15) is 6.61 Å². The Morgan fingerprint density at radius 2 is 1.81 bits per heavy atom. The molecule has 1 atom stereocenters. The second kappa shape index (κ2) is 13.2. The van der Waals surface area contributed by atoms with E-state index in [0.717, 1.165) is 4.47 Å². The molecule has 0 saturated carbocycles. The number of hydrogen-bond acceptors (Lipinski definition) is 6. The molecule has 0 spiro atoms. The molecule has 0 saturated heterocycles. The number of carbonyl (C=O) groups excluding carboxylic acids is 5. The van der Waals surface area contributed by atoms with Crippen molar-refractivity contribution in [2.75, 3.05) is 18.5 Å². The molecule has 1 aromatic rings. The van der Waals surface area contributed by atoms with Crippen LogP contribution in [0.2, 0.25) is 0 Å². The quantitative estimate of drug-likeness (QED) is 0.176. The zero-order valence-corrected chi connectivity index (χ0v) is 19.0. The Morgan fingerprint density at radius 1 is 1.16 bits per heavy atom. The van der Waals surface area contributed by atoms with Crippen LogP contribution in [0.5, 0.6) is 0 Å². The monoisotopic (exact) mass is 499 g/mol. The van der Waals surface area contributed by atoms with Gasteiger partial charge < -0.3 is 20.7 Å². The van der Waals surface area contributed by atoms with Gasteiger partial charge in [0.15, 0.2) is 0 Å². The van der Waals surface area contributed by atoms with Crippen molar-refractivity contribution in [1.82, 2.24) is 21.1 Å². The Bertz CT molecular complexity index is 786. The molecule has 1 rings (SSSR count). The summed E-state index contributed by atoms with van der Waals surface area (Å²) in [5, 5.41) is 8.04. The highest BCUT2D eigenvalue weighted by Gasteiger charge is 2.24. The van der Waals surface area contributed by atoms with E-state index in [-0.39, 0.29) is 37.8 Å². The molecule has 31 heavy (non-hydrogen) atoms. The summed E-state index contributed by atoms with van der Waals surface area (Å²) >= 11 is 3.27. The van der Waals surface area contributed by atoms with Gasteiger partial charge in [-0.05, 0) is 30.2 Å². The third-order valence-electron chi connectivity index (χ3n) is 3.90. The summed E-state index contributed by atoms with van der Waals surface area (Å²) in [6.45, 7) is 5.01. The maximum Gasteiger partial charge on any atom is 0.343 e. The molecule has 1 aromatic carbocycles. The molecular formula is C19H26BrN5O6. The van der Waals surface area contributed by atoms with Crippen LogP contribution >= 0.6 is 15.9 Å². The standard InChI is InChI=1S/C19H26BrN5O6/c1-12(2)16(10-17(28)21-8-9-31-13(3)27)23-19(30)25(11-26)24-18(29)22-15-6-4-14(20)5-7-15/h4-7,11-12,16H,8-10H2,1-3H3,(H,21,28)(H,23,30)(H2,22,24,29). The number of nitrogens with one attached hydrogen (secondary N) is 4. The molecule has 6 amide bonds. The molecule has 0 aromatic heterocycles. The highest BCUT2D eigenvalue weighted by Crippen LogP contribution is 2.14. The van der Waals surface area contributed by atoms with E-state index in [0.29, 0.717) is 10.7 Å². The second-order valence-corrected chi connectivity index (χ2v) is 7.66. The number of carbonyl (C=O) groups is 5. The number of ether oxygens (including phenoxy) is 1. The number of halogens is 1. The van der Waals surface area contributed by atoms with Gasteiger partial charge in [0.05, 0.1) is 6.54 Å². The van der Waals surface area contributed by atoms with Gasteiger partial charge >= 0.3 is 18.0 Å². The Hall–Kier alpha value is -3.15. The first-order valence-corrected chi connectivity index (χ1v) is 10.2. The van der Waals surface area contributed by atoms with Gasteiger partial charge in [0.25, 0.3) is 0 Å². The normalized spacial score (nSPS) is 11.1. The van der Waals surface area contributed by atoms with Crippen molar-refractivity contribution in [2.45, 2.75) is 33.2 Å². The lowest BCUT2D eigenvalue weighted by atomic mass is 10.0. The minimum Gasteiger partial charge on any atom is -0.464 e. The number of hydrazine groups is 1. The van der Waals surface area contributed by atoms with E-state index in [2.05, 4.69) is 37.3 Å². The van der Waals surface area contributed by atoms with Crippen LogP contribution < -0.4 is 21.4 Å². The predicted molar refractivity (Wildman–Crippen MR) is 116 cm³/mol. The number of benzene rings is 1. The third-order valence-corrected chi connectivity index (χ3v) is 4.43. The lowest BCUT2D eigenvalue weighted by Crippen LogP contribution is -2.54. The summed E-state index contributed by atoms with van der Waals surface area (Å²) in [7, 11) is 0. The van der Waals surface area contributed by atoms with Crippen LogP contribution in [0.25, 0.3) is 0 Å². The van der Waals surface area contributed by atoms with Gasteiger partial charge in [-0.2, -0.15) is 5.01 Å². The van der Waals surface area contributed by atoms with Crippen molar-refractivity contribution in [1.29, 1.82) is 0 Å². The number of esters is 1. The predicted octanol–water partition coefficient (Wildman–Crippen LogP) is 1.75. The van der Waals surface area contributed by atoms with E-state index in [1.807, 2.05) is 0 Å². The SMILES string of the molecule is CC(=O)OCCNC(=O)CC(NC(=O)N(C=O)NC(=O)Nc1ccc(Br)cc1)C(C)C. The Kier molecular flexibility index (Phi) is 11.0. The maximum absolute atomic E-state index is 12.4. The highest BCUT2D eigenvalue weighted by molar-refractivity contribution is 9.10. The summed E-state index contributed by atoms with van der Waals surface area (Å²) in [6.07, 6.45) is 0.0777. The number of nitrogens with zero attached hydrogens (tertiary/aromatic N) is 1. The molecule has 0 bridgehead atoms. The number of hydrogen-bond donors (Lipinski definition) is 4. The lowest BCUT2D eigenvalue weighted by Gasteiger charge is -2.25. The Morgan fingerprint density at radius 3 is 2.35 bits per heavy atom. The number of urea groups is 2. The van der Waals surface area contributed by atoms with E-state index in [9.17, 15) is 24.0 Å². The molecule has 0 fully saturated rings. The van der Waals surface area contributed by atoms with Crippen LogP contribution in [-0.2, 0) is 19.1 Å². The first-order chi connectivity index (χ1) is 14.6. The van der Waals surface area contributed by atoms with Crippen LogP contribution in [0.15, 0.2) is 28.7 Å². The summed E-state index contributed by atoms with van der Waals surface area (Å²) < 4.78 is 5.54. The summed E-state index contributed by atoms with van der Waals surface area (Å²) in [5.41, 5.74) is 2.58. The Labute approximate surface area is 188 Å². The summed E-state index contributed by atoms with van der Waals surface area (Å²) in [4.78, 5) is 58.5. The maximum atomic E-state index is 12.4. The first kappa shape index (κ1) is 25.9. The highest BCUT2D eigenvalue weighted by atomic mass is 79.9. The first-order valence-electron chi connectivity index (χ1n) is 9.40. The minimum atomic E-state index is -0.896. The van der Waals surface area contributed by atoms with Crippen LogP contribution in [0.1, 0.15) is 27.2 Å². The smallest absolute Gasteiger partial charge is 0.343 e. The molecule has 0 heterocycles. The van der Waals surface area contributed by atoms with Gasteiger partial charge in [-0.25, -0.2) is 15.0 Å². The van der Waals surface area contributed by atoms with E-state index >= 15 is 0 Å². The molecule has 12 heteroatoms. The van der Waals surface area contributed by atoms with Crippen molar-refractivity contribution in [3.8, 4) is 0 Å². The van der Waals surface area contributed by atoms with Gasteiger partial charge in [0, 0.05) is 29.5 Å². The fourth-order valence-corrected chi connectivity index (χ4v) is 2.53. The average molecular weight is 500 g/mol. The molecule has 0 aliphatic rings. The fraction of sp³-hybridized carbons (Fsp3) is 0.421. The Balaban J connectivity index is 2.57. The van der Waals surface area contributed by atoms with Crippen molar-refractivity contribution in [3.63, 3.8) is 0 Å². The van der Waals surface area contributed by atoms with E-state index in [1.54, 1.807) is 38.1 Å². The summed E-state index contributed by atoms with van der Waals surface area (Å²) in [5.74, 6) is -0.967. The molecule has 170 valence electrons. The minimum absolute atomic E-state index is 0.0378. The van der Waals surface area contributed by atoms with Crippen molar-refractivity contribution in [2.24, 2.45) is 5.92 Å². The van der Waals surface area contributed by atoms with Gasteiger partial charge in [-0.3, -0.25) is 14.4 Å². The molecule has 1 unspecified atom stereocenters. The van der Waals surface area contributed by atoms with Crippen molar-refractivity contribution in [3.05, 3.63) is 28.7 Å². The average Bonchev–Trinajstić information content (AvgIpc) is 2.70. The van der Waals surface area contributed by atoms with Crippen molar-refractivity contribution >= 4 is 52.0 Å². The van der Waals surface area contributed by atoms with Crippen LogP contribution in [-0.4, -0.2) is 54.6 Å². The van der Waals surface area contributed by atoms with E-state index < -0.39 is 24.1 Å². The number of anilines is 1. The number of rotatable bonds is 9. The van der Waals surface area contributed by atoms with E-state index in [4.69, 9.17) is 4.74 Å². The van der Waals surface area contributed by atoms with Crippen LogP contribution in [0, 0.1) is 5.92 Å². The van der Waals surface area contributed by atoms with Crippen LogP contribution in [0.4, 0.5) is 15.3 Å². The molecular weight excluding hydrogens is 474 g/mol. The number of imide groups is 1. The van der Waals surface area contributed by atoms with Crippen LogP contribution in [0.3, 0.4) is 0 Å². The zero-order valence-electron chi connectivity index (χ0n) is 17.4. The molecule has 4 N–H and O–H groups in total. The fourth-order valence-electron chi connectivity index (χ4n) is 2.27. The molecule has 0 radical (unpaired) electrons. The summed E-state index contributed by atoms with van der Waals surface area (Å²) in [6, 6.07) is 4.38. The molecule has 0 aliphatic carbocycles. The molecule has 11 nitrogen and oxygen atoms in total. The van der Waals surface area contributed by atoms with Gasteiger partial charge in [-0.15, -0.1) is 0 Å². The zero-order chi connectivity index (χ0) is 23.4. The second-order valence-electron chi connectivity index (χ2n) is 6.74. The van der Waals surface area contributed by atoms with Gasteiger partial charge in [0.2, 0.25) is 12.3 Å². The lowest BCUT2D eigenvalue weighted by molar-refractivity contribution is -0.141. The van der Waals surface area contributed by atoms with Gasteiger partial charge in [-0.1, -0.05) is 29.8 Å². The molecule has 0 aliphatic heterocycles. The topological polar surface area (TPSA) is 146 Å².